The van der Waals surface area contributed by atoms with E-state index >= 15 is 0 Å². The second kappa shape index (κ2) is 7.49. The molecule has 132 valence electrons. The van der Waals surface area contributed by atoms with Gasteiger partial charge in [0, 0.05) is 23.6 Å². The highest BCUT2D eigenvalue weighted by atomic mass is 16.5. The molecule has 3 N–H and O–H groups in total. The van der Waals surface area contributed by atoms with Crippen LogP contribution in [0.1, 0.15) is 37.8 Å². The molecule has 2 aliphatic carbocycles. The molecule has 0 unspecified atom stereocenters. The van der Waals surface area contributed by atoms with Gasteiger partial charge in [0.15, 0.2) is 0 Å². The first kappa shape index (κ1) is 17.2. The minimum Gasteiger partial charge on any atom is -0.477 e. The topological polar surface area (TPSA) is 91.7 Å². The lowest BCUT2D eigenvalue weighted by Crippen LogP contribution is -2.45. The van der Waals surface area contributed by atoms with Crippen molar-refractivity contribution in [3.8, 4) is 5.88 Å². The summed E-state index contributed by atoms with van der Waals surface area (Å²) in [5, 5.41) is 23.4. The monoisotopic (exact) mass is 334 g/mol. The minimum absolute atomic E-state index is 0.00525. The Balaban J connectivity index is 1.53. The summed E-state index contributed by atoms with van der Waals surface area (Å²) in [6, 6.07) is 5.11. The second-order valence-corrected chi connectivity index (χ2v) is 7.00. The number of hydrogen-bond donors (Lipinski definition) is 3. The molecule has 2 fully saturated rings. The van der Waals surface area contributed by atoms with Gasteiger partial charge in [-0.05, 0) is 32.3 Å². The van der Waals surface area contributed by atoms with Crippen molar-refractivity contribution in [3.63, 3.8) is 0 Å². The molecular weight excluding hydrogens is 308 g/mol. The summed E-state index contributed by atoms with van der Waals surface area (Å²) in [5.41, 5.74) is 0.862. The van der Waals surface area contributed by atoms with Gasteiger partial charge in [0.1, 0.15) is 6.10 Å². The Labute approximate surface area is 142 Å². The van der Waals surface area contributed by atoms with Gasteiger partial charge >= 0.3 is 0 Å². The van der Waals surface area contributed by atoms with Crippen molar-refractivity contribution in [1.82, 2.24) is 10.3 Å². The summed E-state index contributed by atoms with van der Waals surface area (Å²) in [6.45, 7) is 2.15. The Kier molecular flexibility index (Phi) is 5.36. The van der Waals surface area contributed by atoms with Crippen LogP contribution in [-0.2, 0) is 4.79 Å². The molecule has 0 bridgehead atoms. The number of aryl methyl sites for hydroxylation is 1. The van der Waals surface area contributed by atoms with Crippen molar-refractivity contribution in [1.29, 1.82) is 0 Å². The number of amides is 1. The van der Waals surface area contributed by atoms with Crippen molar-refractivity contribution in [3.05, 3.63) is 23.9 Å². The molecule has 0 radical (unpaired) electrons. The summed E-state index contributed by atoms with van der Waals surface area (Å²) in [5.74, 6) is 0.345. The van der Waals surface area contributed by atoms with E-state index in [1.54, 1.807) is 6.07 Å². The highest BCUT2D eigenvalue weighted by Crippen LogP contribution is 2.29. The molecule has 1 aromatic rings. The van der Waals surface area contributed by atoms with E-state index in [1.807, 2.05) is 19.1 Å². The maximum absolute atomic E-state index is 12.2. The van der Waals surface area contributed by atoms with E-state index < -0.39 is 18.2 Å². The highest BCUT2D eigenvalue weighted by Gasteiger charge is 2.43. The third kappa shape index (κ3) is 3.87. The molecule has 6 heteroatoms. The summed E-state index contributed by atoms with van der Waals surface area (Å²) in [6.07, 6.45) is 2.68. The van der Waals surface area contributed by atoms with Gasteiger partial charge in [-0.15, -0.1) is 0 Å². The first-order chi connectivity index (χ1) is 11.5. The fourth-order valence-corrected chi connectivity index (χ4v) is 3.71. The second-order valence-electron chi connectivity index (χ2n) is 7.00. The largest absolute Gasteiger partial charge is 0.477 e. The number of carbonyl (C=O) groups excluding carboxylic acids is 1. The summed E-state index contributed by atoms with van der Waals surface area (Å²) in [4.78, 5) is 16.5. The van der Waals surface area contributed by atoms with Crippen LogP contribution in [0.25, 0.3) is 0 Å². The third-order valence-corrected chi connectivity index (χ3v) is 5.16. The lowest BCUT2D eigenvalue weighted by atomic mass is 10.1. The predicted molar refractivity (Wildman–Crippen MR) is 88.5 cm³/mol. The molecule has 0 saturated heterocycles. The summed E-state index contributed by atoms with van der Waals surface area (Å²) >= 11 is 0. The van der Waals surface area contributed by atoms with Crippen LogP contribution >= 0.6 is 0 Å². The molecule has 1 heterocycles. The molecule has 1 amide bonds. The first-order valence-electron chi connectivity index (χ1n) is 8.77. The Hall–Kier alpha value is -1.66. The van der Waals surface area contributed by atoms with Crippen LogP contribution < -0.4 is 10.1 Å². The van der Waals surface area contributed by atoms with Crippen molar-refractivity contribution >= 4 is 5.91 Å². The quantitative estimate of drug-likeness (QED) is 0.752. The zero-order valence-electron chi connectivity index (χ0n) is 14.0. The van der Waals surface area contributed by atoms with Crippen LogP contribution in [-0.4, -0.2) is 46.0 Å². The standard InChI is InChI=1S/C18H26N2O4/c1-11-5-4-8-15(19-11)24-10-13-9-14(17(22)16(13)21)20-18(23)12-6-2-3-7-12/h4-5,8,12-14,16-17,21-22H,2-3,6-7,9-10H2,1H3,(H,20,23)/t13-,14-,16-,17+/m1/s1. The van der Waals surface area contributed by atoms with Crippen LogP contribution in [0.5, 0.6) is 5.88 Å². The molecule has 0 spiro atoms. The molecule has 0 aromatic carbocycles. The van der Waals surface area contributed by atoms with E-state index in [-0.39, 0.29) is 24.3 Å². The Morgan fingerprint density at radius 3 is 2.75 bits per heavy atom. The van der Waals surface area contributed by atoms with Crippen LogP contribution in [0.4, 0.5) is 0 Å². The van der Waals surface area contributed by atoms with Gasteiger partial charge in [0.2, 0.25) is 11.8 Å². The molecule has 2 saturated carbocycles. The third-order valence-electron chi connectivity index (χ3n) is 5.16. The molecule has 6 nitrogen and oxygen atoms in total. The summed E-state index contributed by atoms with van der Waals surface area (Å²) in [7, 11) is 0. The van der Waals surface area contributed by atoms with Crippen molar-refractivity contribution in [2.75, 3.05) is 6.61 Å². The minimum atomic E-state index is -0.950. The molecular formula is C18H26N2O4. The zero-order valence-corrected chi connectivity index (χ0v) is 14.0. The number of rotatable bonds is 5. The number of ether oxygens (including phenoxy) is 1. The van der Waals surface area contributed by atoms with Gasteiger partial charge in [-0.3, -0.25) is 4.79 Å². The Morgan fingerprint density at radius 2 is 2.04 bits per heavy atom. The SMILES string of the molecule is Cc1cccc(OC[C@H]2C[C@@H](NC(=O)C3CCCC3)[C@H](O)[C@@H]2O)n1. The highest BCUT2D eigenvalue weighted by molar-refractivity contribution is 5.79. The number of nitrogens with one attached hydrogen (secondary N) is 1. The van der Waals surface area contributed by atoms with Gasteiger partial charge in [-0.1, -0.05) is 18.9 Å². The van der Waals surface area contributed by atoms with Crippen LogP contribution in [0.15, 0.2) is 18.2 Å². The van der Waals surface area contributed by atoms with Crippen molar-refractivity contribution in [2.24, 2.45) is 11.8 Å². The number of aliphatic hydroxyl groups excluding tert-OH is 2. The Bertz CT molecular complexity index is 574. The first-order valence-corrected chi connectivity index (χ1v) is 8.77. The molecule has 0 aliphatic heterocycles. The van der Waals surface area contributed by atoms with E-state index in [1.165, 1.54) is 0 Å². The lowest BCUT2D eigenvalue weighted by Gasteiger charge is -2.20. The number of nitrogens with zero attached hydrogens (tertiary/aromatic N) is 1. The zero-order chi connectivity index (χ0) is 17.1. The van der Waals surface area contributed by atoms with Crippen LogP contribution in [0.3, 0.4) is 0 Å². The van der Waals surface area contributed by atoms with Gasteiger partial charge < -0.3 is 20.3 Å². The van der Waals surface area contributed by atoms with Gasteiger partial charge in [0.05, 0.1) is 18.8 Å². The van der Waals surface area contributed by atoms with E-state index in [4.69, 9.17) is 4.74 Å². The number of aromatic nitrogens is 1. The molecule has 2 aliphatic rings. The fraction of sp³-hybridized carbons (Fsp3) is 0.667. The van der Waals surface area contributed by atoms with Gasteiger partial charge in [0.25, 0.3) is 0 Å². The number of hydrogen-bond acceptors (Lipinski definition) is 5. The maximum Gasteiger partial charge on any atom is 0.223 e. The normalized spacial score (nSPS) is 30.5. The smallest absolute Gasteiger partial charge is 0.223 e. The molecule has 24 heavy (non-hydrogen) atoms. The van der Waals surface area contributed by atoms with Gasteiger partial charge in [-0.2, -0.15) is 0 Å². The van der Waals surface area contributed by atoms with E-state index in [0.29, 0.717) is 12.3 Å². The van der Waals surface area contributed by atoms with Gasteiger partial charge in [-0.25, -0.2) is 4.98 Å². The average molecular weight is 334 g/mol. The van der Waals surface area contributed by atoms with Crippen LogP contribution in [0, 0.1) is 18.8 Å². The molecule has 3 rings (SSSR count). The van der Waals surface area contributed by atoms with Crippen LogP contribution in [0.2, 0.25) is 0 Å². The molecule has 4 atom stereocenters. The summed E-state index contributed by atoms with van der Waals surface area (Å²) < 4.78 is 5.65. The fourth-order valence-electron chi connectivity index (χ4n) is 3.71. The lowest BCUT2D eigenvalue weighted by molar-refractivity contribution is -0.126. The van der Waals surface area contributed by atoms with E-state index in [9.17, 15) is 15.0 Å². The van der Waals surface area contributed by atoms with E-state index in [0.717, 1.165) is 31.4 Å². The van der Waals surface area contributed by atoms with Crippen molar-refractivity contribution in [2.45, 2.75) is 57.3 Å². The maximum atomic E-state index is 12.2. The average Bonchev–Trinajstić information content (AvgIpc) is 3.18. The predicted octanol–water partition coefficient (Wildman–Crippen LogP) is 1.19. The Morgan fingerprint density at radius 1 is 1.29 bits per heavy atom. The van der Waals surface area contributed by atoms with E-state index in [2.05, 4.69) is 10.3 Å². The van der Waals surface area contributed by atoms with Crippen molar-refractivity contribution < 1.29 is 19.7 Å². The number of carbonyl (C=O) groups is 1. The molecule has 1 aromatic heterocycles. The number of aliphatic hydroxyl groups is 2. The number of pyridine rings is 1.